The van der Waals surface area contributed by atoms with Gasteiger partial charge in [0.1, 0.15) is 12.7 Å². The number of rotatable bonds is 14. The van der Waals surface area contributed by atoms with Crippen molar-refractivity contribution in [1.82, 2.24) is 5.32 Å². The Bertz CT molecular complexity index is 1220. The fourth-order valence-electron chi connectivity index (χ4n) is 5.05. The third-order valence-electron chi connectivity index (χ3n) is 7.03. The average molecular weight is 592 g/mol. The van der Waals surface area contributed by atoms with E-state index < -0.39 is 26.7 Å². The van der Waals surface area contributed by atoms with Crippen LogP contribution in [-0.4, -0.2) is 45.6 Å². The first-order valence-corrected chi connectivity index (χ1v) is 16.3. The van der Waals surface area contributed by atoms with Gasteiger partial charge in [0.2, 0.25) is 6.23 Å². The number of aliphatic hydroxyl groups excluding tert-OH is 1. The first-order valence-electron chi connectivity index (χ1n) is 14.4. The first-order chi connectivity index (χ1) is 20.1. The second-order valence-corrected chi connectivity index (χ2v) is 15.7. The number of methoxy groups -OCH3 is 1. The zero-order valence-electron chi connectivity index (χ0n) is 25.6. The average Bonchev–Trinajstić information content (AvgIpc) is 2.99. The molecule has 0 aliphatic carbocycles. The molecule has 3 aromatic rings. The minimum Gasteiger partial charge on any atom is -0.469 e. The summed E-state index contributed by atoms with van der Waals surface area (Å²) in [6.07, 6.45) is -1.40. The van der Waals surface area contributed by atoms with Crippen molar-refractivity contribution in [2.75, 3.05) is 13.7 Å². The highest BCUT2D eigenvalue weighted by atomic mass is 28.4. The van der Waals surface area contributed by atoms with Crippen LogP contribution in [0, 0.1) is 0 Å². The molecule has 0 fully saturated rings. The van der Waals surface area contributed by atoms with Gasteiger partial charge < -0.3 is 23.7 Å². The Labute approximate surface area is 251 Å². The summed E-state index contributed by atoms with van der Waals surface area (Å²) >= 11 is 0. The molecule has 0 radical (unpaired) electrons. The summed E-state index contributed by atoms with van der Waals surface area (Å²) in [5.74, 6) is 0.281. The maximum absolute atomic E-state index is 13.2. The fraction of sp³-hybridized carbons (Fsp3) is 0.382. The Hall–Kier alpha value is -3.59. The van der Waals surface area contributed by atoms with Gasteiger partial charge in [-0.05, 0) is 47.7 Å². The molecule has 42 heavy (non-hydrogen) atoms. The van der Waals surface area contributed by atoms with E-state index >= 15 is 0 Å². The second-order valence-electron chi connectivity index (χ2n) is 11.4. The van der Waals surface area contributed by atoms with Gasteiger partial charge >= 0.3 is 6.09 Å². The molecule has 1 amide bonds. The molecule has 2 N–H and O–H groups in total. The van der Waals surface area contributed by atoms with E-state index in [1.807, 2.05) is 80.6 Å². The zero-order chi connectivity index (χ0) is 30.6. The molecule has 0 saturated carbocycles. The number of hydrogen-bond acceptors (Lipinski definition) is 6. The standard InChI is InChI=1S/C34H45NO6Si/c1-26(2)32(38-6)40-31(35-33(37)39-25-27-17-10-7-11-18-27)30(23-16-24-36)41-42(34(3,4)5,28-19-12-8-13-20-28)29-21-14-9-15-22-29/h7-15,17-22,30-31,36H,16,23-25H2,1-6H3,(H,35,37)/t30-,31-/m0/s1. The van der Waals surface area contributed by atoms with Crippen LogP contribution in [0.4, 0.5) is 4.79 Å². The molecule has 226 valence electrons. The van der Waals surface area contributed by atoms with Gasteiger partial charge in [-0.25, -0.2) is 4.79 Å². The molecule has 3 rings (SSSR count). The lowest BCUT2D eigenvalue weighted by molar-refractivity contribution is -0.0662. The van der Waals surface area contributed by atoms with Gasteiger partial charge in [-0.1, -0.05) is 112 Å². The van der Waals surface area contributed by atoms with E-state index in [-0.39, 0.29) is 24.2 Å². The van der Waals surface area contributed by atoms with Crippen LogP contribution in [0.2, 0.25) is 5.04 Å². The molecule has 0 saturated heterocycles. The smallest absolute Gasteiger partial charge is 0.410 e. The molecule has 7 nitrogen and oxygen atoms in total. The summed E-state index contributed by atoms with van der Waals surface area (Å²) in [5, 5.41) is 14.7. The Kier molecular flexibility index (Phi) is 12.2. The highest BCUT2D eigenvalue weighted by molar-refractivity contribution is 6.99. The fourth-order valence-corrected chi connectivity index (χ4v) is 9.76. The minimum absolute atomic E-state index is 0.0362. The summed E-state index contributed by atoms with van der Waals surface area (Å²) in [5.41, 5.74) is 1.67. The number of nitrogens with one attached hydrogen (secondary N) is 1. The van der Waals surface area contributed by atoms with E-state index in [0.717, 1.165) is 21.5 Å². The summed E-state index contributed by atoms with van der Waals surface area (Å²) < 4.78 is 24.8. The number of alkyl carbamates (subject to hydrolysis) is 1. The molecule has 2 atom stereocenters. The number of hydrogen-bond donors (Lipinski definition) is 2. The molecule has 0 bridgehead atoms. The van der Waals surface area contributed by atoms with E-state index in [2.05, 4.69) is 50.4 Å². The number of carbonyl (C=O) groups excluding carboxylic acids is 1. The Morgan fingerprint density at radius 2 is 1.40 bits per heavy atom. The van der Waals surface area contributed by atoms with Crippen molar-refractivity contribution in [3.05, 3.63) is 108 Å². The number of allylic oxidation sites excluding steroid dienone is 1. The highest BCUT2D eigenvalue weighted by Gasteiger charge is 2.52. The second kappa shape index (κ2) is 15.6. The normalized spacial score (nSPS) is 13.0. The van der Waals surface area contributed by atoms with Gasteiger partial charge in [0, 0.05) is 12.2 Å². The number of aliphatic hydroxyl groups is 1. The van der Waals surface area contributed by atoms with Crippen LogP contribution in [0.25, 0.3) is 0 Å². The van der Waals surface area contributed by atoms with Gasteiger partial charge in [0.25, 0.3) is 14.3 Å². The molecular weight excluding hydrogens is 546 g/mol. The quantitative estimate of drug-likeness (QED) is 0.139. The van der Waals surface area contributed by atoms with Gasteiger partial charge in [-0.15, -0.1) is 0 Å². The third-order valence-corrected chi connectivity index (χ3v) is 12.1. The Balaban J connectivity index is 2.09. The lowest BCUT2D eigenvalue weighted by Gasteiger charge is -2.46. The van der Waals surface area contributed by atoms with Crippen LogP contribution in [0.5, 0.6) is 0 Å². The number of ether oxygens (including phenoxy) is 3. The maximum Gasteiger partial charge on any atom is 0.410 e. The van der Waals surface area contributed by atoms with E-state index in [1.54, 1.807) is 0 Å². The molecule has 0 unspecified atom stereocenters. The molecule has 8 heteroatoms. The Morgan fingerprint density at radius 3 is 1.86 bits per heavy atom. The monoisotopic (exact) mass is 591 g/mol. The van der Waals surface area contributed by atoms with Crippen molar-refractivity contribution in [2.45, 2.75) is 71.4 Å². The largest absolute Gasteiger partial charge is 0.469 e. The topological polar surface area (TPSA) is 86.3 Å². The molecule has 0 aromatic heterocycles. The van der Waals surface area contributed by atoms with Crippen LogP contribution in [-0.2, 0) is 25.2 Å². The van der Waals surface area contributed by atoms with E-state index in [0.29, 0.717) is 12.8 Å². The third kappa shape index (κ3) is 8.47. The van der Waals surface area contributed by atoms with Gasteiger partial charge in [0.05, 0.1) is 7.11 Å². The molecule has 0 spiro atoms. The minimum atomic E-state index is -3.05. The number of amides is 1. The maximum atomic E-state index is 13.2. The van der Waals surface area contributed by atoms with Crippen molar-refractivity contribution in [2.24, 2.45) is 0 Å². The molecular formula is C34H45NO6Si. The number of benzene rings is 3. The summed E-state index contributed by atoms with van der Waals surface area (Å²) in [4.78, 5) is 13.2. The SMILES string of the molecule is COC(O[C@H](NC(=O)OCc1ccccc1)[C@H](CCCO)O[Si](c1ccccc1)(c1ccccc1)C(C)(C)C)=C(C)C. The van der Waals surface area contributed by atoms with Gasteiger partial charge in [-0.2, -0.15) is 0 Å². The lowest BCUT2D eigenvalue weighted by atomic mass is 10.2. The van der Waals surface area contributed by atoms with Gasteiger partial charge in [-0.3, -0.25) is 5.32 Å². The lowest BCUT2D eigenvalue weighted by Crippen LogP contribution is -2.69. The van der Waals surface area contributed by atoms with Gasteiger partial charge in [0.15, 0.2) is 0 Å². The Morgan fingerprint density at radius 1 is 0.881 bits per heavy atom. The van der Waals surface area contributed by atoms with E-state index in [1.165, 1.54) is 7.11 Å². The van der Waals surface area contributed by atoms with Crippen LogP contribution < -0.4 is 15.7 Å². The van der Waals surface area contributed by atoms with E-state index in [9.17, 15) is 9.90 Å². The van der Waals surface area contributed by atoms with Crippen LogP contribution in [0.1, 0.15) is 53.0 Å². The molecule has 0 aliphatic heterocycles. The summed E-state index contributed by atoms with van der Waals surface area (Å²) in [6.45, 7) is 10.4. The molecule has 0 heterocycles. The van der Waals surface area contributed by atoms with Crippen molar-refractivity contribution in [1.29, 1.82) is 0 Å². The van der Waals surface area contributed by atoms with Crippen LogP contribution in [0.3, 0.4) is 0 Å². The predicted octanol–water partition coefficient (Wildman–Crippen LogP) is 5.87. The highest BCUT2D eigenvalue weighted by Crippen LogP contribution is 2.38. The predicted molar refractivity (Wildman–Crippen MR) is 169 cm³/mol. The van der Waals surface area contributed by atoms with Crippen LogP contribution >= 0.6 is 0 Å². The zero-order valence-corrected chi connectivity index (χ0v) is 26.6. The van der Waals surface area contributed by atoms with Crippen molar-refractivity contribution in [3.63, 3.8) is 0 Å². The van der Waals surface area contributed by atoms with Crippen molar-refractivity contribution in [3.8, 4) is 0 Å². The summed E-state index contributed by atoms with van der Waals surface area (Å²) in [7, 11) is -1.52. The molecule has 0 aliphatic rings. The number of carbonyl (C=O) groups is 1. The molecule has 3 aromatic carbocycles. The van der Waals surface area contributed by atoms with Crippen molar-refractivity contribution >= 4 is 24.8 Å². The van der Waals surface area contributed by atoms with Crippen molar-refractivity contribution < 1.29 is 28.5 Å². The van der Waals surface area contributed by atoms with E-state index in [4.69, 9.17) is 18.6 Å². The summed E-state index contributed by atoms with van der Waals surface area (Å²) in [6, 6.07) is 30.0. The first kappa shape index (κ1) is 32.9. The van der Waals surface area contributed by atoms with Crippen LogP contribution in [0.15, 0.2) is 103 Å².